The number of hydrogen-bond acceptors (Lipinski definition) is 4. The Labute approximate surface area is 93.4 Å². The van der Waals surface area contributed by atoms with Crippen LogP contribution < -0.4 is 0 Å². The molecule has 1 aromatic heterocycles. The summed E-state index contributed by atoms with van der Waals surface area (Å²) < 4.78 is 1.89. The molecular weight excluding hydrogens is 208 g/mol. The zero-order chi connectivity index (χ0) is 11.3. The number of imidazole rings is 1. The van der Waals surface area contributed by atoms with Gasteiger partial charge in [0.05, 0.1) is 12.2 Å². The highest BCUT2D eigenvalue weighted by Crippen LogP contribution is 2.31. The van der Waals surface area contributed by atoms with Crippen molar-refractivity contribution in [2.24, 2.45) is 0 Å². The number of nitrogens with zero attached hydrogens (tertiary/aromatic N) is 2. The number of aromatic nitrogens is 2. The topological polar surface area (TPSA) is 78.5 Å². The lowest BCUT2D eigenvalue weighted by atomic mass is 10.00. The highest BCUT2D eigenvalue weighted by atomic mass is 16.4. The Morgan fingerprint density at radius 1 is 1.12 bits per heavy atom. The summed E-state index contributed by atoms with van der Waals surface area (Å²) >= 11 is 0. The second-order valence-corrected chi connectivity index (χ2v) is 4.68. The summed E-state index contributed by atoms with van der Waals surface area (Å²) in [5.74, 6) is 0.518. The second-order valence-electron chi connectivity index (χ2n) is 4.68. The summed E-state index contributed by atoms with van der Waals surface area (Å²) in [6, 6.07) is 0. The van der Waals surface area contributed by atoms with E-state index in [2.05, 4.69) is 4.98 Å². The van der Waals surface area contributed by atoms with Gasteiger partial charge in [0.1, 0.15) is 24.1 Å². The van der Waals surface area contributed by atoms with E-state index in [1.54, 1.807) is 0 Å². The normalized spacial score (nSPS) is 33.3. The van der Waals surface area contributed by atoms with Gasteiger partial charge in [0.25, 0.3) is 0 Å². The summed E-state index contributed by atoms with van der Waals surface area (Å²) in [7, 11) is 0. The quantitative estimate of drug-likeness (QED) is 0.556. The first-order valence-electron chi connectivity index (χ1n) is 5.81. The molecule has 1 aliphatic carbocycles. The lowest BCUT2D eigenvalue weighted by Crippen LogP contribution is -2.42. The van der Waals surface area contributed by atoms with Gasteiger partial charge in [-0.15, -0.1) is 0 Å². The van der Waals surface area contributed by atoms with Crippen molar-refractivity contribution in [1.82, 2.24) is 9.55 Å². The van der Waals surface area contributed by atoms with E-state index in [4.69, 9.17) is 0 Å². The van der Waals surface area contributed by atoms with Crippen molar-refractivity contribution in [3.05, 3.63) is 17.2 Å². The monoisotopic (exact) mass is 224 g/mol. The van der Waals surface area contributed by atoms with E-state index in [0.29, 0.717) is 12.4 Å². The van der Waals surface area contributed by atoms with Gasteiger partial charge in [-0.3, -0.25) is 0 Å². The van der Waals surface area contributed by atoms with Crippen LogP contribution in [0.4, 0.5) is 0 Å². The molecule has 88 valence electrons. The van der Waals surface area contributed by atoms with Crippen molar-refractivity contribution in [1.29, 1.82) is 0 Å². The van der Waals surface area contributed by atoms with Gasteiger partial charge < -0.3 is 19.9 Å². The van der Waals surface area contributed by atoms with Crippen LogP contribution in [0.2, 0.25) is 0 Å². The van der Waals surface area contributed by atoms with Gasteiger partial charge in [-0.05, 0) is 25.7 Å². The Morgan fingerprint density at radius 3 is 2.69 bits per heavy atom. The molecule has 3 N–H and O–H groups in total. The standard InChI is InChI=1S/C11H16N2O3/c14-8-5-13-7-4-2-1-3-6(7)12-11(13)10(16)9(8)15/h8-10,14-16H,1-5H2/t8-,9-,10+/m0/s1. The highest BCUT2D eigenvalue weighted by Gasteiger charge is 2.37. The lowest BCUT2D eigenvalue weighted by Gasteiger charge is -2.30. The minimum absolute atomic E-state index is 0.343. The molecule has 3 rings (SSSR count). The van der Waals surface area contributed by atoms with Crippen LogP contribution in [0.5, 0.6) is 0 Å². The van der Waals surface area contributed by atoms with Gasteiger partial charge >= 0.3 is 0 Å². The Balaban J connectivity index is 2.08. The zero-order valence-corrected chi connectivity index (χ0v) is 9.00. The van der Waals surface area contributed by atoms with Gasteiger partial charge in [-0.2, -0.15) is 0 Å². The molecule has 0 aromatic carbocycles. The van der Waals surface area contributed by atoms with E-state index in [1.165, 1.54) is 0 Å². The molecule has 0 amide bonds. The number of aliphatic hydroxyl groups excluding tert-OH is 3. The summed E-state index contributed by atoms with van der Waals surface area (Å²) in [5, 5.41) is 29.1. The second kappa shape index (κ2) is 3.55. The minimum Gasteiger partial charge on any atom is -0.388 e. The molecule has 0 radical (unpaired) electrons. The molecule has 1 aromatic rings. The number of rotatable bonds is 0. The predicted molar refractivity (Wildman–Crippen MR) is 55.8 cm³/mol. The smallest absolute Gasteiger partial charge is 0.141 e. The number of aliphatic hydroxyl groups is 3. The van der Waals surface area contributed by atoms with E-state index >= 15 is 0 Å². The fourth-order valence-corrected chi connectivity index (χ4v) is 2.71. The van der Waals surface area contributed by atoms with Gasteiger partial charge in [-0.25, -0.2) is 4.98 Å². The molecule has 0 unspecified atom stereocenters. The first-order chi connectivity index (χ1) is 7.68. The third-order valence-electron chi connectivity index (χ3n) is 3.61. The average molecular weight is 224 g/mol. The third kappa shape index (κ3) is 1.32. The van der Waals surface area contributed by atoms with Gasteiger partial charge in [0, 0.05) is 5.69 Å². The van der Waals surface area contributed by atoms with E-state index in [1.807, 2.05) is 4.57 Å². The van der Waals surface area contributed by atoms with Crippen LogP contribution in [0, 0.1) is 0 Å². The Hall–Kier alpha value is -0.910. The Morgan fingerprint density at radius 2 is 1.88 bits per heavy atom. The third-order valence-corrected chi connectivity index (χ3v) is 3.61. The van der Waals surface area contributed by atoms with Crippen LogP contribution in [0.1, 0.15) is 36.2 Å². The molecule has 0 spiro atoms. The maximum Gasteiger partial charge on any atom is 0.141 e. The van der Waals surface area contributed by atoms with Gasteiger partial charge in [0.15, 0.2) is 0 Å². The molecule has 0 bridgehead atoms. The lowest BCUT2D eigenvalue weighted by molar-refractivity contribution is -0.0858. The van der Waals surface area contributed by atoms with Crippen molar-refractivity contribution >= 4 is 0 Å². The minimum atomic E-state index is -1.11. The van der Waals surface area contributed by atoms with Crippen LogP contribution in [-0.4, -0.2) is 37.1 Å². The molecule has 5 heteroatoms. The molecule has 16 heavy (non-hydrogen) atoms. The van der Waals surface area contributed by atoms with E-state index in [0.717, 1.165) is 37.1 Å². The molecule has 0 fully saturated rings. The van der Waals surface area contributed by atoms with Crippen LogP contribution >= 0.6 is 0 Å². The molecule has 5 nitrogen and oxygen atoms in total. The number of fused-ring (bicyclic) bond motifs is 3. The van der Waals surface area contributed by atoms with Crippen molar-refractivity contribution in [3.63, 3.8) is 0 Å². The molecule has 0 saturated heterocycles. The SMILES string of the molecule is O[C@H]1[C@@H](O)Cn2c(nc3c2CCCC3)[C@@H]1O. The number of hydrogen-bond donors (Lipinski definition) is 3. The fraction of sp³-hybridized carbons (Fsp3) is 0.727. The van der Waals surface area contributed by atoms with E-state index in [-0.39, 0.29) is 0 Å². The van der Waals surface area contributed by atoms with Gasteiger partial charge in [0.2, 0.25) is 0 Å². The van der Waals surface area contributed by atoms with Crippen molar-refractivity contribution in [2.45, 2.75) is 50.5 Å². The predicted octanol–water partition coefficient (Wildman–Crippen LogP) is -0.469. The van der Waals surface area contributed by atoms with Crippen LogP contribution in [0.15, 0.2) is 0 Å². The largest absolute Gasteiger partial charge is 0.388 e. The summed E-state index contributed by atoms with van der Waals surface area (Å²) in [6.07, 6.45) is 1.08. The molecular formula is C11H16N2O3. The van der Waals surface area contributed by atoms with Crippen LogP contribution in [-0.2, 0) is 19.4 Å². The molecule has 3 atom stereocenters. The van der Waals surface area contributed by atoms with E-state index < -0.39 is 18.3 Å². The Kier molecular flexibility index (Phi) is 2.27. The Bertz CT molecular complexity index is 416. The zero-order valence-electron chi connectivity index (χ0n) is 9.00. The van der Waals surface area contributed by atoms with Gasteiger partial charge in [-0.1, -0.05) is 0 Å². The highest BCUT2D eigenvalue weighted by molar-refractivity contribution is 5.23. The first kappa shape index (κ1) is 10.3. The van der Waals surface area contributed by atoms with Crippen LogP contribution in [0.25, 0.3) is 0 Å². The van der Waals surface area contributed by atoms with Crippen molar-refractivity contribution < 1.29 is 15.3 Å². The summed E-state index contributed by atoms with van der Waals surface area (Å²) in [6.45, 7) is 0.343. The molecule has 1 aliphatic heterocycles. The van der Waals surface area contributed by atoms with E-state index in [9.17, 15) is 15.3 Å². The average Bonchev–Trinajstić information content (AvgIpc) is 2.65. The first-order valence-corrected chi connectivity index (χ1v) is 5.81. The number of aryl methyl sites for hydroxylation is 1. The molecule has 2 aliphatic rings. The van der Waals surface area contributed by atoms with Crippen molar-refractivity contribution in [2.75, 3.05) is 0 Å². The summed E-state index contributed by atoms with van der Waals surface area (Å²) in [4.78, 5) is 4.40. The fourth-order valence-electron chi connectivity index (χ4n) is 2.71. The maximum atomic E-state index is 9.86. The molecule has 0 saturated carbocycles. The van der Waals surface area contributed by atoms with Crippen molar-refractivity contribution in [3.8, 4) is 0 Å². The molecule has 2 heterocycles. The maximum absolute atomic E-state index is 9.86. The summed E-state index contributed by atoms with van der Waals surface area (Å²) in [5.41, 5.74) is 2.16. The van der Waals surface area contributed by atoms with Crippen LogP contribution in [0.3, 0.4) is 0 Å².